The van der Waals surface area contributed by atoms with Gasteiger partial charge in [-0.25, -0.2) is 9.86 Å². The molecule has 1 N–H and O–H groups in total. The van der Waals surface area contributed by atoms with Crippen LogP contribution in [0.25, 0.3) is 0 Å². The first kappa shape index (κ1) is 16.9. The number of hydrogen-bond donors (Lipinski definition) is 1. The second-order valence-corrected chi connectivity index (χ2v) is 7.10. The van der Waals surface area contributed by atoms with E-state index in [1.54, 1.807) is 29.2 Å². The highest BCUT2D eigenvalue weighted by Crippen LogP contribution is 2.36. The molecule has 2 aliphatic rings. The van der Waals surface area contributed by atoms with Crippen molar-refractivity contribution in [2.24, 2.45) is 0 Å². The van der Waals surface area contributed by atoms with E-state index in [1.165, 1.54) is 5.06 Å². The van der Waals surface area contributed by atoms with Gasteiger partial charge in [0.2, 0.25) is 5.91 Å². The molecule has 0 radical (unpaired) electrons. The van der Waals surface area contributed by atoms with Gasteiger partial charge >= 0.3 is 6.03 Å². The molecular weight excluding hydrogens is 354 g/mol. The lowest BCUT2D eigenvalue weighted by molar-refractivity contribution is -0.232. The van der Waals surface area contributed by atoms with Crippen LogP contribution >= 0.6 is 11.6 Å². The second kappa shape index (κ2) is 6.63. The molecule has 6 nitrogen and oxygen atoms in total. The highest BCUT2D eigenvalue weighted by atomic mass is 35.5. The van der Waals surface area contributed by atoms with Gasteiger partial charge in [0.15, 0.2) is 0 Å². The largest absolute Gasteiger partial charge is 0.322 e. The molecule has 4 rings (SSSR count). The van der Waals surface area contributed by atoms with Crippen molar-refractivity contribution in [1.82, 2.24) is 9.96 Å². The van der Waals surface area contributed by atoms with Gasteiger partial charge in [0.25, 0.3) is 0 Å². The minimum atomic E-state index is -0.594. The zero-order valence-electron chi connectivity index (χ0n) is 14.0. The van der Waals surface area contributed by atoms with Gasteiger partial charge in [0.1, 0.15) is 5.60 Å². The zero-order chi connectivity index (χ0) is 18.1. The Kier molecular flexibility index (Phi) is 4.30. The van der Waals surface area contributed by atoms with Crippen molar-refractivity contribution in [2.75, 3.05) is 18.4 Å². The molecule has 0 bridgehead atoms. The SMILES string of the molecule is O=C(Nc1ccc(Cl)cc1)N1CC2(CC(=O)N(Cc3ccccc3)O2)C1. The Morgan fingerprint density at radius 3 is 2.50 bits per heavy atom. The molecule has 2 fully saturated rings. The summed E-state index contributed by atoms with van der Waals surface area (Å²) < 4.78 is 0. The van der Waals surface area contributed by atoms with Crippen molar-refractivity contribution < 1.29 is 14.4 Å². The van der Waals surface area contributed by atoms with E-state index in [0.29, 0.717) is 36.8 Å². The van der Waals surface area contributed by atoms with Crippen LogP contribution in [0.4, 0.5) is 10.5 Å². The summed E-state index contributed by atoms with van der Waals surface area (Å²) in [5.41, 5.74) is 1.09. The fourth-order valence-electron chi connectivity index (χ4n) is 3.25. The van der Waals surface area contributed by atoms with Gasteiger partial charge in [0.05, 0.1) is 26.1 Å². The molecule has 7 heteroatoms. The number of urea groups is 1. The molecule has 26 heavy (non-hydrogen) atoms. The van der Waals surface area contributed by atoms with Gasteiger partial charge in [-0.3, -0.25) is 9.63 Å². The number of benzene rings is 2. The molecule has 0 aromatic heterocycles. The van der Waals surface area contributed by atoms with Gasteiger partial charge < -0.3 is 10.2 Å². The van der Waals surface area contributed by atoms with Crippen LogP contribution in [-0.2, 0) is 16.2 Å². The first-order valence-electron chi connectivity index (χ1n) is 8.38. The van der Waals surface area contributed by atoms with Crippen LogP contribution in [0.1, 0.15) is 12.0 Å². The lowest BCUT2D eigenvalue weighted by Crippen LogP contribution is -2.64. The molecule has 2 aromatic carbocycles. The van der Waals surface area contributed by atoms with Crippen LogP contribution < -0.4 is 5.32 Å². The van der Waals surface area contributed by atoms with E-state index >= 15 is 0 Å². The van der Waals surface area contributed by atoms with Crippen LogP contribution in [0.5, 0.6) is 0 Å². The lowest BCUT2D eigenvalue weighted by atomic mass is 9.91. The Morgan fingerprint density at radius 1 is 1.12 bits per heavy atom. The third-order valence-electron chi connectivity index (χ3n) is 4.57. The molecule has 2 saturated heterocycles. The summed E-state index contributed by atoms with van der Waals surface area (Å²) in [5.74, 6) is -0.0494. The topological polar surface area (TPSA) is 61.9 Å². The third-order valence-corrected chi connectivity index (χ3v) is 4.82. The van der Waals surface area contributed by atoms with E-state index in [4.69, 9.17) is 16.4 Å². The van der Waals surface area contributed by atoms with Gasteiger partial charge in [-0.15, -0.1) is 0 Å². The maximum atomic E-state index is 12.3. The van der Waals surface area contributed by atoms with E-state index in [0.717, 1.165) is 5.56 Å². The summed E-state index contributed by atoms with van der Waals surface area (Å²) in [6.45, 7) is 1.20. The minimum absolute atomic E-state index is 0.0494. The minimum Gasteiger partial charge on any atom is -0.318 e. The predicted octanol–water partition coefficient (Wildman–Crippen LogP) is 3.29. The third kappa shape index (κ3) is 3.38. The Balaban J connectivity index is 1.32. The molecule has 0 saturated carbocycles. The van der Waals surface area contributed by atoms with Gasteiger partial charge in [-0.05, 0) is 29.8 Å². The van der Waals surface area contributed by atoms with Crippen molar-refractivity contribution in [3.05, 3.63) is 65.2 Å². The maximum absolute atomic E-state index is 12.3. The van der Waals surface area contributed by atoms with Crippen LogP contribution in [-0.4, -0.2) is 40.6 Å². The smallest absolute Gasteiger partial charge is 0.318 e. The summed E-state index contributed by atoms with van der Waals surface area (Å²) in [7, 11) is 0. The van der Waals surface area contributed by atoms with Gasteiger partial charge in [-0.1, -0.05) is 41.9 Å². The monoisotopic (exact) mass is 371 g/mol. The molecule has 2 aliphatic heterocycles. The number of carbonyl (C=O) groups is 2. The van der Waals surface area contributed by atoms with Crippen LogP contribution in [0.3, 0.4) is 0 Å². The fraction of sp³-hybridized carbons (Fsp3) is 0.263. The number of halogens is 1. The maximum Gasteiger partial charge on any atom is 0.322 e. The Hall–Kier alpha value is -2.57. The Morgan fingerprint density at radius 2 is 1.81 bits per heavy atom. The molecule has 0 aliphatic carbocycles. The summed E-state index contributed by atoms with van der Waals surface area (Å²) in [6.07, 6.45) is 0.296. The first-order chi connectivity index (χ1) is 12.5. The first-order valence-corrected chi connectivity index (χ1v) is 8.76. The average molecular weight is 372 g/mol. The molecule has 1 spiro atoms. The highest BCUT2D eigenvalue weighted by Gasteiger charge is 2.54. The van der Waals surface area contributed by atoms with Crippen LogP contribution in [0.2, 0.25) is 5.02 Å². The molecule has 134 valence electrons. The summed E-state index contributed by atoms with van der Waals surface area (Å²) in [5, 5.41) is 4.83. The molecular formula is C19H18ClN3O3. The van der Waals surface area contributed by atoms with Crippen LogP contribution in [0.15, 0.2) is 54.6 Å². The van der Waals surface area contributed by atoms with Crippen LogP contribution in [0, 0.1) is 0 Å². The van der Waals surface area contributed by atoms with Crippen molar-refractivity contribution in [1.29, 1.82) is 0 Å². The van der Waals surface area contributed by atoms with E-state index in [2.05, 4.69) is 5.32 Å². The molecule has 0 unspecified atom stereocenters. The summed E-state index contributed by atoms with van der Waals surface area (Å²) >= 11 is 5.84. The van der Waals surface area contributed by atoms with Gasteiger partial charge in [-0.2, -0.15) is 0 Å². The number of nitrogens with one attached hydrogen (secondary N) is 1. The predicted molar refractivity (Wildman–Crippen MR) is 97.5 cm³/mol. The average Bonchev–Trinajstić information content (AvgIpc) is 2.93. The van der Waals surface area contributed by atoms with Crippen molar-refractivity contribution >= 4 is 29.2 Å². The molecule has 2 aromatic rings. The number of hydrogen-bond acceptors (Lipinski definition) is 3. The fourth-order valence-corrected chi connectivity index (χ4v) is 3.37. The molecule has 2 heterocycles. The van der Waals surface area contributed by atoms with E-state index < -0.39 is 5.60 Å². The normalized spacial score (nSPS) is 18.1. The molecule has 0 atom stereocenters. The quantitative estimate of drug-likeness (QED) is 0.900. The Bertz CT molecular complexity index is 820. The zero-order valence-corrected chi connectivity index (χ0v) is 14.8. The summed E-state index contributed by atoms with van der Waals surface area (Å²) in [6, 6.07) is 16.4. The number of rotatable bonds is 3. The molecule has 3 amide bonds. The van der Waals surface area contributed by atoms with Gasteiger partial charge in [0, 0.05) is 10.7 Å². The van der Waals surface area contributed by atoms with Crippen molar-refractivity contribution in [3.8, 4) is 0 Å². The standard InChI is InChI=1S/C19H18ClN3O3/c20-15-6-8-16(9-7-15)21-18(25)22-12-19(13-22)10-17(24)23(26-19)11-14-4-2-1-3-5-14/h1-9H,10-13H2,(H,21,25). The number of hydroxylamine groups is 2. The van der Waals surface area contributed by atoms with E-state index in [-0.39, 0.29) is 11.9 Å². The Labute approximate surface area is 156 Å². The summed E-state index contributed by atoms with van der Waals surface area (Å²) in [4.78, 5) is 32.1. The number of anilines is 1. The number of nitrogens with zero attached hydrogens (tertiary/aromatic N) is 2. The van der Waals surface area contributed by atoms with Crippen molar-refractivity contribution in [3.63, 3.8) is 0 Å². The number of likely N-dealkylation sites (tertiary alicyclic amines) is 1. The van der Waals surface area contributed by atoms with E-state index in [1.807, 2.05) is 30.3 Å². The lowest BCUT2D eigenvalue weighted by Gasteiger charge is -2.45. The number of amides is 3. The number of carbonyl (C=O) groups excluding carboxylic acids is 2. The van der Waals surface area contributed by atoms with E-state index in [9.17, 15) is 9.59 Å². The highest BCUT2D eigenvalue weighted by molar-refractivity contribution is 6.30. The second-order valence-electron chi connectivity index (χ2n) is 6.66. The van der Waals surface area contributed by atoms with Crippen molar-refractivity contribution in [2.45, 2.75) is 18.6 Å².